The third-order valence-corrected chi connectivity index (χ3v) is 5.30. The number of nitrogens with zero attached hydrogens (tertiary/aromatic N) is 1. The van der Waals surface area contributed by atoms with Crippen molar-refractivity contribution in [3.63, 3.8) is 0 Å². The highest BCUT2D eigenvalue weighted by molar-refractivity contribution is 7.17. The first kappa shape index (κ1) is 16.5. The van der Waals surface area contributed by atoms with Gasteiger partial charge in [0.15, 0.2) is 0 Å². The van der Waals surface area contributed by atoms with Crippen molar-refractivity contribution in [1.82, 2.24) is 10.3 Å². The summed E-state index contributed by atoms with van der Waals surface area (Å²) >= 11 is 1.71. The second-order valence-corrected chi connectivity index (χ2v) is 7.01. The lowest BCUT2D eigenvalue weighted by atomic mass is 10.0. The average molecular weight is 358 g/mol. The van der Waals surface area contributed by atoms with Crippen molar-refractivity contribution in [3.05, 3.63) is 89.6 Å². The van der Waals surface area contributed by atoms with Crippen LogP contribution in [0.2, 0.25) is 0 Å². The van der Waals surface area contributed by atoms with Crippen LogP contribution >= 0.6 is 11.3 Å². The van der Waals surface area contributed by atoms with E-state index in [1.165, 1.54) is 15.6 Å². The summed E-state index contributed by atoms with van der Waals surface area (Å²) in [6.07, 6.45) is 4.25. The van der Waals surface area contributed by atoms with Gasteiger partial charge in [-0.1, -0.05) is 48.5 Å². The summed E-state index contributed by atoms with van der Waals surface area (Å²) in [5.41, 5.74) is 3.89. The van der Waals surface area contributed by atoms with Gasteiger partial charge in [-0.25, -0.2) is 0 Å². The molecule has 2 aromatic heterocycles. The Bertz CT molecular complexity index is 1040. The maximum absolute atomic E-state index is 12.5. The van der Waals surface area contributed by atoms with Crippen molar-refractivity contribution >= 4 is 27.3 Å². The van der Waals surface area contributed by atoms with Crippen LogP contribution in [-0.2, 0) is 6.42 Å². The second kappa shape index (κ2) is 7.50. The highest BCUT2D eigenvalue weighted by atomic mass is 32.1. The molecule has 0 atom stereocenters. The van der Waals surface area contributed by atoms with Crippen LogP contribution in [0.4, 0.5) is 0 Å². The van der Waals surface area contributed by atoms with Crippen LogP contribution in [0.15, 0.2) is 78.4 Å². The van der Waals surface area contributed by atoms with Crippen LogP contribution in [0.1, 0.15) is 15.9 Å². The van der Waals surface area contributed by atoms with Crippen molar-refractivity contribution in [2.45, 2.75) is 6.42 Å². The molecule has 0 unspecified atom stereocenters. The van der Waals surface area contributed by atoms with Crippen molar-refractivity contribution < 1.29 is 4.79 Å². The lowest BCUT2D eigenvalue weighted by Crippen LogP contribution is -2.25. The zero-order chi connectivity index (χ0) is 17.8. The first-order chi connectivity index (χ1) is 12.8. The van der Waals surface area contributed by atoms with Gasteiger partial charge in [0.05, 0.1) is 5.56 Å². The zero-order valence-corrected chi connectivity index (χ0v) is 15.0. The minimum Gasteiger partial charge on any atom is -0.352 e. The van der Waals surface area contributed by atoms with E-state index in [-0.39, 0.29) is 5.91 Å². The van der Waals surface area contributed by atoms with Crippen molar-refractivity contribution in [3.8, 4) is 11.1 Å². The second-order valence-electron chi connectivity index (χ2n) is 6.10. The number of hydrogen-bond donors (Lipinski definition) is 1. The summed E-state index contributed by atoms with van der Waals surface area (Å²) in [6.45, 7) is 0.606. The van der Waals surface area contributed by atoms with Crippen LogP contribution in [0.5, 0.6) is 0 Å². The molecule has 4 rings (SSSR count). The summed E-state index contributed by atoms with van der Waals surface area (Å²) in [4.78, 5) is 16.8. The Hall–Kier alpha value is -2.98. The quantitative estimate of drug-likeness (QED) is 0.549. The number of pyridine rings is 1. The van der Waals surface area contributed by atoms with E-state index in [0.717, 1.165) is 17.5 Å². The van der Waals surface area contributed by atoms with Crippen molar-refractivity contribution in [2.24, 2.45) is 0 Å². The van der Waals surface area contributed by atoms with Gasteiger partial charge in [-0.3, -0.25) is 9.78 Å². The fourth-order valence-corrected chi connectivity index (χ4v) is 3.95. The lowest BCUT2D eigenvalue weighted by molar-refractivity contribution is 0.0954. The molecule has 0 aliphatic heterocycles. The highest BCUT2D eigenvalue weighted by Crippen LogP contribution is 2.33. The molecule has 0 fully saturated rings. The Balaban J connectivity index is 1.49. The average Bonchev–Trinajstić information content (AvgIpc) is 3.13. The number of amides is 1. The fourth-order valence-electron chi connectivity index (χ4n) is 2.98. The molecule has 0 radical (unpaired) electrons. The van der Waals surface area contributed by atoms with Gasteiger partial charge >= 0.3 is 0 Å². The molecule has 2 aromatic carbocycles. The number of hydrogen-bond acceptors (Lipinski definition) is 3. The third-order valence-electron chi connectivity index (χ3n) is 4.33. The Kier molecular flexibility index (Phi) is 4.75. The zero-order valence-electron chi connectivity index (χ0n) is 14.2. The molecule has 26 heavy (non-hydrogen) atoms. The Morgan fingerprint density at radius 2 is 1.81 bits per heavy atom. The first-order valence-electron chi connectivity index (χ1n) is 8.55. The van der Waals surface area contributed by atoms with Gasteiger partial charge in [0, 0.05) is 40.2 Å². The topological polar surface area (TPSA) is 42.0 Å². The van der Waals surface area contributed by atoms with Crippen molar-refractivity contribution in [1.29, 1.82) is 0 Å². The summed E-state index contributed by atoms with van der Waals surface area (Å²) in [5.74, 6) is -0.0881. The SMILES string of the molecule is O=C(NCCc1ccccc1)c1cncc(-c2csc3ccccc23)c1. The van der Waals surface area contributed by atoms with Gasteiger partial charge < -0.3 is 5.32 Å². The lowest BCUT2D eigenvalue weighted by Gasteiger charge is -2.07. The highest BCUT2D eigenvalue weighted by Gasteiger charge is 2.10. The molecule has 0 bridgehead atoms. The van der Waals surface area contributed by atoms with E-state index < -0.39 is 0 Å². The van der Waals surface area contributed by atoms with Crippen LogP contribution in [0.3, 0.4) is 0 Å². The molecule has 4 aromatic rings. The molecule has 3 nitrogen and oxygen atoms in total. The molecule has 1 N–H and O–H groups in total. The van der Waals surface area contributed by atoms with Gasteiger partial charge in [-0.05, 0) is 29.5 Å². The molecule has 1 amide bonds. The smallest absolute Gasteiger partial charge is 0.252 e. The van der Waals surface area contributed by atoms with E-state index in [1.54, 1.807) is 17.5 Å². The molecule has 0 aliphatic carbocycles. The van der Waals surface area contributed by atoms with Crippen LogP contribution in [0, 0.1) is 0 Å². The van der Waals surface area contributed by atoms with Crippen LogP contribution in [0.25, 0.3) is 21.2 Å². The van der Waals surface area contributed by atoms with Gasteiger partial charge in [-0.15, -0.1) is 11.3 Å². The minimum atomic E-state index is -0.0881. The summed E-state index contributed by atoms with van der Waals surface area (Å²) in [6, 6.07) is 20.3. The molecular formula is C22H18N2OS. The molecule has 0 saturated heterocycles. The summed E-state index contributed by atoms with van der Waals surface area (Å²) in [7, 11) is 0. The van der Waals surface area contributed by atoms with E-state index in [9.17, 15) is 4.79 Å². The van der Waals surface area contributed by atoms with Gasteiger partial charge in [0.1, 0.15) is 0 Å². The minimum absolute atomic E-state index is 0.0881. The predicted octanol–water partition coefficient (Wildman–Crippen LogP) is 4.94. The van der Waals surface area contributed by atoms with E-state index >= 15 is 0 Å². The number of carbonyl (C=O) groups excluding carboxylic acids is 1. The van der Waals surface area contributed by atoms with Crippen molar-refractivity contribution in [2.75, 3.05) is 6.54 Å². The Morgan fingerprint density at radius 1 is 1.00 bits per heavy atom. The molecule has 0 spiro atoms. The standard InChI is InChI=1S/C22H18N2OS/c25-22(24-11-10-16-6-2-1-3-7-16)18-12-17(13-23-14-18)20-15-26-21-9-5-4-8-19(20)21/h1-9,12-15H,10-11H2,(H,24,25). The van der Waals surface area contributed by atoms with E-state index in [2.05, 4.69) is 39.9 Å². The maximum atomic E-state index is 12.5. The number of benzene rings is 2. The first-order valence-corrected chi connectivity index (χ1v) is 9.43. The van der Waals surface area contributed by atoms with Gasteiger partial charge in [0.25, 0.3) is 5.91 Å². The monoisotopic (exact) mass is 358 g/mol. The molecular weight excluding hydrogens is 340 g/mol. The largest absolute Gasteiger partial charge is 0.352 e. The predicted molar refractivity (Wildman–Crippen MR) is 108 cm³/mol. The van der Waals surface area contributed by atoms with Gasteiger partial charge in [-0.2, -0.15) is 0 Å². The Morgan fingerprint density at radius 3 is 2.69 bits per heavy atom. The molecule has 2 heterocycles. The van der Waals surface area contributed by atoms with Crippen LogP contribution in [-0.4, -0.2) is 17.4 Å². The number of fused-ring (bicyclic) bond motifs is 1. The summed E-state index contributed by atoms with van der Waals surface area (Å²) < 4.78 is 1.24. The van der Waals surface area contributed by atoms with E-state index in [0.29, 0.717) is 12.1 Å². The molecule has 0 aliphatic rings. The summed E-state index contributed by atoms with van der Waals surface area (Å²) in [5, 5.41) is 6.30. The van der Waals surface area contributed by atoms with E-state index in [4.69, 9.17) is 0 Å². The molecule has 0 saturated carbocycles. The number of rotatable bonds is 5. The molecule has 128 valence electrons. The Labute approximate surface area is 156 Å². The number of aromatic nitrogens is 1. The fraction of sp³-hybridized carbons (Fsp3) is 0.0909. The van der Waals surface area contributed by atoms with E-state index in [1.807, 2.05) is 42.6 Å². The van der Waals surface area contributed by atoms with Gasteiger partial charge in [0.2, 0.25) is 0 Å². The third kappa shape index (κ3) is 3.51. The number of thiophene rings is 1. The molecule has 4 heteroatoms. The number of carbonyl (C=O) groups is 1. The number of nitrogens with one attached hydrogen (secondary N) is 1. The van der Waals surface area contributed by atoms with Crippen LogP contribution < -0.4 is 5.32 Å². The normalized spacial score (nSPS) is 10.8. The maximum Gasteiger partial charge on any atom is 0.252 e.